The van der Waals surface area contributed by atoms with Gasteiger partial charge in [0.1, 0.15) is 6.54 Å². The van der Waals surface area contributed by atoms with Gasteiger partial charge in [0.05, 0.1) is 41.4 Å². The molecule has 0 saturated carbocycles. The van der Waals surface area contributed by atoms with E-state index in [0.29, 0.717) is 43.5 Å². The average Bonchev–Trinajstić information content (AvgIpc) is 3.51. The fraction of sp³-hybridized carbons (Fsp3) is 0.538. The molecule has 0 unspecified atom stereocenters. The molecule has 3 aromatic heterocycles. The van der Waals surface area contributed by atoms with Crippen LogP contribution in [0.25, 0.3) is 5.65 Å². The smallest absolute Gasteiger partial charge is 0.247 e. The second-order valence-electron chi connectivity index (χ2n) is 11.1. The van der Waals surface area contributed by atoms with Crippen LogP contribution in [0.15, 0.2) is 30.7 Å². The van der Waals surface area contributed by atoms with Crippen LogP contribution in [0.3, 0.4) is 0 Å². The summed E-state index contributed by atoms with van der Waals surface area (Å²) in [6.07, 6.45) is 2.66. The molecule has 3 aliphatic heterocycles. The maximum Gasteiger partial charge on any atom is 0.247 e. The molecule has 3 aliphatic rings. The lowest BCUT2D eigenvalue weighted by molar-refractivity contribution is -0.154. The Bertz CT molecular complexity index is 1480. The van der Waals surface area contributed by atoms with Crippen LogP contribution in [0, 0.1) is 22.7 Å². The molecule has 0 radical (unpaired) electrons. The summed E-state index contributed by atoms with van der Waals surface area (Å²) in [6, 6.07) is 5.79. The van der Waals surface area contributed by atoms with Crippen LogP contribution < -0.4 is 10.2 Å². The van der Waals surface area contributed by atoms with Crippen molar-refractivity contribution in [3.05, 3.63) is 30.7 Å². The highest BCUT2D eigenvalue weighted by atomic mass is 19.3. The normalized spacial score (nSPS) is 19.2. The number of carbonyl (C=O) groups excluding carboxylic acids is 2. The van der Waals surface area contributed by atoms with Crippen LogP contribution >= 0.6 is 0 Å². The van der Waals surface area contributed by atoms with E-state index in [1.807, 2.05) is 29.0 Å². The van der Waals surface area contributed by atoms with E-state index < -0.39 is 17.8 Å². The SMILES string of the molecule is CN1CCN(C(=O)Cn2cc(Nc3nc4c(N5CC(CC#N)(C(=O)N6CC(C(F)F)C6)C5)cccn4n3)cn2)CC1. The van der Waals surface area contributed by atoms with Crippen LogP contribution in [0.2, 0.25) is 0 Å². The number of aromatic nitrogens is 5. The molecule has 3 saturated heterocycles. The third-order valence-corrected chi connectivity index (χ3v) is 8.14. The zero-order valence-electron chi connectivity index (χ0n) is 22.7. The van der Waals surface area contributed by atoms with Gasteiger partial charge in [-0.1, -0.05) is 0 Å². The summed E-state index contributed by atoms with van der Waals surface area (Å²) in [7, 11) is 2.04. The van der Waals surface area contributed by atoms with E-state index in [9.17, 15) is 23.6 Å². The Morgan fingerprint density at radius 2 is 1.95 bits per heavy atom. The third-order valence-electron chi connectivity index (χ3n) is 8.14. The summed E-state index contributed by atoms with van der Waals surface area (Å²) in [5, 5.41) is 21.3. The van der Waals surface area contributed by atoms with Crippen LogP contribution in [0.1, 0.15) is 6.42 Å². The number of likely N-dealkylation sites (N-methyl/N-ethyl adjacent to an activating group) is 1. The molecule has 15 heteroatoms. The quantitative estimate of drug-likeness (QED) is 0.422. The zero-order valence-corrected chi connectivity index (χ0v) is 22.7. The first-order valence-corrected chi connectivity index (χ1v) is 13.6. The number of hydrogen-bond acceptors (Lipinski definition) is 9. The van der Waals surface area contributed by atoms with Crippen LogP contribution in [-0.4, -0.2) is 117 Å². The van der Waals surface area contributed by atoms with Crippen molar-refractivity contribution in [3.63, 3.8) is 0 Å². The minimum absolute atomic E-state index is 0.0160. The molecule has 216 valence electrons. The molecule has 13 nitrogen and oxygen atoms in total. The van der Waals surface area contributed by atoms with Gasteiger partial charge in [0, 0.05) is 64.8 Å². The number of piperazine rings is 1. The molecule has 41 heavy (non-hydrogen) atoms. The number of nitrogens with zero attached hydrogens (tertiary/aromatic N) is 10. The maximum atomic E-state index is 13.1. The summed E-state index contributed by atoms with van der Waals surface area (Å²) in [5.41, 5.74) is 1.02. The van der Waals surface area contributed by atoms with Crippen LogP contribution in [0.4, 0.5) is 26.1 Å². The molecular formula is C26H31F2N11O2. The Labute approximate surface area is 234 Å². The second kappa shape index (κ2) is 10.6. The lowest BCUT2D eigenvalue weighted by Gasteiger charge is -2.53. The number of pyridine rings is 1. The summed E-state index contributed by atoms with van der Waals surface area (Å²) >= 11 is 0. The largest absolute Gasteiger partial charge is 0.366 e. The second-order valence-corrected chi connectivity index (χ2v) is 11.1. The lowest BCUT2D eigenvalue weighted by atomic mass is 9.74. The van der Waals surface area contributed by atoms with Gasteiger partial charge < -0.3 is 24.9 Å². The summed E-state index contributed by atoms with van der Waals surface area (Å²) < 4.78 is 29.0. The van der Waals surface area contributed by atoms with E-state index in [1.54, 1.807) is 27.8 Å². The van der Waals surface area contributed by atoms with E-state index >= 15 is 0 Å². The Morgan fingerprint density at radius 1 is 1.20 bits per heavy atom. The Balaban J connectivity index is 1.11. The summed E-state index contributed by atoms with van der Waals surface area (Å²) in [5.74, 6) is -0.687. The molecule has 2 amide bonds. The van der Waals surface area contributed by atoms with Crippen molar-refractivity contribution in [1.82, 2.24) is 39.1 Å². The van der Waals surface area contributed by atoms with Crippen LogP contribution in [0.5, 0.6) is 0 Å². The van der Waals surface area contributed by atoms with E-state index in [0.717, 1.165) is 18.8 Å². The number of amides is 2. The molecule has 0 spiro atoms. The van der Waals surface area contributed by atoms with Crippen LogP contribution in [-0.2, 0) is 16.1 Å². The minimum Gasteiger partial charge on any atom is -0.366 e. The number of alkyl halides is 2. The van der Waals surface area contributed by atoms with Crippen molar-refractivity contribution in [3.8, 4) is 6.07 Å². The van der Waals surface area contributed by atoms with Gasteiger partial charge in [0.2, 0.25) is 24.2 Å². The zero-order chi connectivity index (χ0) is 28.7. The topological polar surface area (TPSA) is 131 Å². The molecule has 0 aliphatic carbocycles. The van der Waals surface area contributed by atoms with Gasteiger partial charge in [-0.3, -0.25) is 14.3 Å². The van der Waals surface area contributed by atoms with Gasteiger partial charge in [0.15, 0.2) is 5.65 Å². The lowest BCUT2D eigenvalue weighted by Crippen LogP contribution is -2.67. The predicted octanol–water partition coefficient (Wildman–Crippen LogP) is 0.887. The first-order valence-electron chi connectivity index (χ1n) is 13.6. The molecule has 6 heterocycles. The van der Waals surface area contributed by atoms with E-state index in [1.165, 1.54) is 4.90 Å². The Kier molecular flexibility index (Phi) is 6.94. The van der Waals surface area contributed by atoms with Gasteiger partial charge in [-0.05, 0) is 19.2 Å². The number of carbonyl (C=O) groups is 2. The minimum atomic E-state index is -2.45. The van der Waals surface area contributed by atoms with Gasteiger partial charge in [-0.15, -0.1) is 5.10 Å². The van der Waals surface area contributed by atoms with E-state index in [2.05, 4.69) is 31.5 Å². The van der Waals surface area contributed by atoms with Gasteiger partial charge in [0.25, 0.3) is 0 Å². The number of nitriles is 1. The van der Waals surface area contributed by atoms with Crippen molar-refractivity contribution >= 4 is 34.8 Å². The molecule has 0 bridgehead atoms. The van der Waals surface area contributed by atoms with Crippen molar-refractivity contribution in [2.45, 2.75) is 19.4 Å². The highest BCUT2D eigenvalue weighted by molar-refractivity contribution is 5.88. The first kappa shape index (κ1) is 26.9. The van der Waals surface area contributed by atoms with Gasteiger partial charge in [-0.2, -0.15) is 15.3 Å². The number of hydrogen-bond donors (Lipinski definition) is 1. The summed E-state index contributed by atoms with van der Waals surface area (Å²) in [6.45, 7) is 3.89. The van der Waals surface area contributed by atoms with E-state index in [-0.39, 0.29) is 37.9 Å². The first-order chi connectivity index (χ1) is 19.7. The van der Waals surface area contributed by atoms with Crippen molar-refractivity contribution in [2.24, 2.45) is 11.3 Å². The number of likely N-dealkylation sites (tertiary alicyclic amines) is 1. The van der Waals surface area contributed by atoms with Gasteiger partial charge in [-0.25, -0.2) is 13.3 Å². The molecule has 3 fully saturated rings. The molecule has 0 aromatic carbocycles. The fourth-order valence-corrected chi connectivity index (χ4v) is 5.63. The Morgan fingerprint density at radius 3 is 2.66 bits per heavy atom. The van der Waals surface area contributed by atoms with Crippen molar-refractivity contribution in [1.29, 1.82) is 5.26 Å². The van der Waals surface area contributed by atoms with E-state index in [4.69, 9.17) is 0 Å². The third kappa shape index (κ3) is 5.15. The number of anilines is 3. The molecule has 0 atom stereocenters. The average molecular weight is 568 g/mol. The molecule has 3 aromatic rings. The highest BCUT2D eigenvalue weighted by Gasteiger charge is 2.54. The standard InChI is InChI=1S/C26H31F2N11O2/c1-34-7-9-35(10-8-34)21(40)15-38-14-19(11-30-38)31-25-32-23-20(3-2-6-39(23)33-25)37-16-26(17-37,4-5-29)24(41)36-12-18(13-36)22(27)28/h2-3,6,11,14,18,22H,4,7-10,12-13,15-17H2,1H3,(H,31,33). The number of nitrogens with one attached hydrogen (secondary N) is 1. The summed E-state index contributed by atoms with van der Waals surface area (Å²) in [4.78, 5) is 37.8. The molecular weight excluding hydrogens is 536 g/mol. The Hall–Kier alpha value is -4.32. The predicted molar refractivity (Wildman–Crippen MR) is 144 cm³/mol. The number of halogens is 2. The van der Waals surface area contributed by atoms with Gasteiger partial charge >= 0.3 is 0 Å². The van der Waals surface area contributed by atoms with Crippen molar-refractivity contribution in [2.75, 3.05) is 69.6 Å². The molecule has 1 N–H and O–H groups in total. The highest BCUT2D eigenvalue weighted by Crippen LogP contribution is 2.41. The molecule has 6 rings (SSSR count). The number of fused-ring (bicyclic) bond motifs is 1. The monoisotopic (exact) mass is 567 g/mol. The fourth-order valence-electron chi connectivity index (χ4n) is 5.63. The number of rotatable bonds is 8. The van der Waals surface area contributed by atoms with Crippen molar-refractivity contribution < 1.29 is 18.4 Å². The maximum absolute atomic E-state index is 13.1.